The van der Waals surface area contributed by atoms with Crippen LogP contribution < -0.4 is 4.90 Å². The second-order valence-electron chi connectivity index (χ2n) is 5.87. The van der Waals surface area contributed by atoms with Crippen molar-refractivity contribution >= 4 is 17.9 Å². The van der Waals surface area contributed by atoms with Crippen LogP contribution in [0.3, 0.4) is 0 Å². The molecule has 1 fully saturated rings. The van der Waals surface area contributed by atoms with Crippen LogP contribution in [0.25, 0.3) is 6.08 Å². The number of nitrogens with zero attached hydrogens (tertiary/aromatic N) is 3. The van der Waals surface area contributed by atoms with Gasteiger partial charge in [0.05, 0.1) is 6.61 Å². The minimum Gasteiger partial charge on any atom is -0.450 e. The number of benzene rings is 1. The molecule has 0 unspecified atom stereocenters. The van der Waals surface area contributed by atoms with Gasteiger partial charge >= 0.3 is 6.09 Å². The monoisotopic (exact) mass is 317 g/mol. The van der Waals surface area contributed by atoms with Gasteiger partial charge in [0, 0.05) is 52.5 Å². The molecule has 2 rings (SSSR count). The Morgan fingerprint density at radius 3 is 2.39 bits per heavy atom. The molecule has 5 nitrogen and oxygen atoms in total. The van der Waals surface area contributed by atoms with Crippen molar-refractivity contribution in [3.05, 3.63) is 35.9 Å². The SMILES string of the molecule is CCOC(=O)N1CCN(CC=Cc2ccc(N(C)C)cc2)CC1. The van der Waals surface area contributed by atoms with Crippen LogP contribution in [0.5, 0.6) is 0 Å². The quantitative estimate of drug-likeness (QED) is 0.836. The number of carbonyl (C=O) groups excluding carboxylic acids is 1. The van der Waals surface area contributed by atoms with Crippen molar-refractivity contribution in [1.82, 2.24) is 9.80 Å². The van der Waals surface area contributed by atoms with Crippen LogP contribution >= 0.6 is 0 Å². The second kappa shape index (κ2) is 8.58. The first-order valence-electron chi connectivity index (χ1n) is 8.18. The smallest absolute Gasteiger partial charge is 0.409 e. The average Bonchev–Trinajstić information content (AvgIpc) is 2.56. The van der Waals surface area contributed by atoms with Gasteiger partial charge in [0.15, 0.2) is 0 Å². The van der Waals surface area contributed by atoms with Crippen molar-refractivity contribution in [3.63, 3.8) is 0 Å². The van der Waals surface area contributed by atoms with Gasteiger partial charge in [-0.2, -0.15) is 0 Å². The number of hydrogen-bond donors (Lipinski definition) is 0. The zero-order valence-corrected chi connectivity index (χ0v) is 14.4. The summed E-state index contributed by atoms with van der Waals surface area (Å²) in [5.74, 6) is 0. The summed E-state index contributed by atoms with van der Waals surface area (Å²) in [5, 5.41) is 0. The molecule has 0 atom stereocenters. The van der Waals surface area contributed by atoms with Gasteiger partial charge in [-0.25, -0.2) is 4.79 Å². The number of amides is 1. The summed E-state index contributed by atoms with van der Waals surface area (Å²) in [6.45, 7) is 6.45. The standard InChI is InChI=1S/C18H27N3O2/c1-4-23-18(22)21-14-12-20(13-15-21)11-5-6-16-7-9-17(10-8-16)19(2)3/h5-10H,4,11-15H2,1-3H3. The van der Waals surface area contributed by atoms with Gasteiger partial charge in [0.25, 0.3) is 0 Å². The lowest BCUT2D eigenvalue weighted by molar-refractivity contribution is 0.0825. The first kappa shape index (κ1) is 17.3. The lowest BCUT2D eigenvalue weighted by atomic mass is 10.2. The lowest BCUT2D eigenvalue weighted by Crippen LogP contribution is -2.48. The predicted molar refractivity (Wildman–Crippen MR) is 94.8 cm³/mol. The molecular formula is C18H27N3O2. The predicted octanol–water partition coefficient (Wildman–Crippen LogP) is 2.54. The fraction of sp³-hybridized carbons (Fsp3) is 0.500. The molecule has 1 amide bonds. The zero-order chi connectivity index (χ0) is 16.7. The van der Waals surface area contributed by atoms with E-state index in [1.54, 1.807) is 4.90 Å². The highest BCUT2D eigenvalue weighted by atomic mass is 16.6. The molecule has 0 bridgehead atoms. The van der Waals surface area contributed by atoms with Crippen LogP contribution in [-0.2, 0) is 4.74 Å². The maximum Gasteiger partial charge on any atom is 0.409 e. The Balaban J connectivity index is 1.75. The number of carbonyl (C=O) groups is 1. The molecule has 1 aromatic rings. The minimum absolute atomic E-state index is 0.191. The molecule has 0 radical (unpaired) electrons. The van der Waals surface area contributed by atoms with E-state index in [9.17, 15) is 4.79 Å². The molecule has 126 valence electrons. The van der Waals surface area contributed by atoms with Crippen molar-refractivity contribution in [2.45, 2.75) is 6.92 Å². The van der Waals surface area contributed by atoms with Crippen LogP contribution in [0, 0.1) is 0 Å². The summed E-state index contributed by atoms with van der Waals surface area (Å²) < 4.78 is 5.03. The fourth-order valence-corrected chi connectivity index (χ4v) is 2.55. The largest absolute Gasteiger partial charge is 0.450 e. The number of ether oxygens (including phenoxy) is 1. The summed E-state index contributed by atoms with van der Waals surface area (Å²) in [6, 6.07) is 8.50. The molecule has 0 N–H and O–H groups in total. The van der Waals surface area contributed by atoms with E-state index < -0.39 is 0 Å². The Labute approximate surface area is 139 Å². The van der Waals surface area contributed by atoms with Crippen LogP contribution in [0.4, 0.5) is 10.5 Å². The molecule has 1 heterocycles. The average molecular weight is 317 g/mol. The van der Waals surface area contributed by atoms with Crippen LogP contribution in [0.15, 0.2) is 30.3 Å². The molecular weight excluding hydrogens is 290 g/mol. The molecule has 1 saturated heterocycles. The Kier molecular flexibility index (Phi) is 6.47. The summed E-state index contributed by atoms with van der Waals surface area (Å²) in [5.41, 5.74) is 2.41. The van der Waals surface area contributed by atoms with E-state index in [0.717, 1.165) is 32.7 Å². The maximum absolute atomic E-state index is 11.6. The number of anilines is 1. The normalized spacial score (nSPS) is 15.9. The molecule has 1 aliphatic heterocycles. The summed E-state index contributed by atoms with van der Waals surface area (Å²) in [6.07, 6.45) is 4.14. The Hall–Kier alpha value is -2.01. The van der Waals surface area contributed by atoms with Crippen molar-refractivity contribution in [2.24, 2.45) is 0 Å². The van der Waals surface area contributed by atoms with Crippen molar-refractivity contribution in [1.29, 1.82) is 0 Å². The van der Waals surface area contributed by atoms with Crippen molar-refractivity contribution < 1.29 is 9.53 Å². The summed E-state index contributed by atoms with van der Waals surface area (Å²) in [7, 11) is 4.08. The molecule has 0 spiro atoms. The van der Waals surface area contributed by atoms with E-state index in [1.165, 1.54) is 11.3 Å². The van der Waals surface area contributed by atoms with Crippen molar-refractivity contribution in [3.8, 4) is 0 Å². The second-order valence-corrected chi connectivity index (χ2v) is 5.87. The molecule has 0 aliphatic carbocycles. The number of piperazine rings is 1. The Morgan fingerprint density at radius 2 is 1.83 bits per heavy atom. The molecule has 1 aliphatic rings. The minimum atomic E-state index is -0.191. The van der Waals surface area contributed by atoms with E-state index in [2.05, 4.69) is 46.2 Å². The number of rotatable bonds is 5. The van der Waals surface area contributed by atoms with Gasteiger partial charge < -0.3 is 14.5 Å². The third-order valence-electron chi connectivity index (χ3n) is 3.98. The van der Waals surface area contributed by atoms with E-state index >= 15 is 0 Å². The van der Waals surface area contributed by atoms with Crippen LogP contribution in [-0.4, -0.2) is 69.3 Å². The van der Waals surface area contributed by atoms with E-state index in [1.807, 2.05) is 21.0 Å². The topological polar surface area (TPSA) is 36.0 Å². The number of hydrogen-bond acceptors (Lipinski definition) is 4. The van der Waals surface area contributed by atoms with Gasteiger partial charge in [-0.05, 0) is 24.6 Å². The van der Waals surface area contributed by atoms with Gasteiger partial charge in [0.1, 0.15) is 0 Å². The molecule has 5 heteroatoms. The highest BCUT2D eigenvalue weighted by Gasteiger charge is 2.20. The zero-order valence-electron chi connectivity index (χ0n) is 14.4. The van der Waals surface area contributed by atoms with Gasteiger partial charge in [-0.1, -0.05) is 24.3 Å². The van der Waals surface area contributed by atoms with E-state index in [4.69, 9.17) is 4.74 Å². The lowest BCUT2D eigenvalue weighted by Gasteiger charge is -2.33. The highest BCUT2D eigenvalue weighted by molar-refractivity contribution is 5.67. The third-order valence-corrected chi connectivity index (χ3v) is 3.98. The molecule has 23 heavy (non-hydrogen) atoms. The molecule has 1 aromatic carbocycles. The Morgan fingerprint density at radius 1 is 1.17 bits per heavy atom. The van der Waals surface area contributed by atoms with Gasteiger partial charge in [-0.15, -0.1) is 0 Å². The van der Waals surface area contributed by atoms with Gasteiger partial charge in [0.2, 0.25) is 0 Å². The maximum atomic E-state index is 11.6. The van der Waals surface area contributed by atoms with E-state index in [-0.39, 0.29) is 6.09 Å². The van der Waals surface area contributed by atoms with Crippen LogP contribution in [0.1, 0.15) is 12.5 Å². The Bertz CT molecular complexity index is 518. The summed E-state index contributed by atoms with van der Waals surface area (Å²) in [4.78, 5) is 17.9. The first-order chi connectivity index (χ1) is 11.1. The fourth-order valence-electron chi connectivity index (χ4n) is 2.55. The highest BCUT2D eigenvalue weighted by Crippen LogP contribution is 2.13. The van der Waals surface area contributed by atoms with Gasteiger partial charge in [-0.3, -0.25) is 4.90 Å². The first-order valence-corrected chi connectivity index (χ1v) is 8.18. The summed E-state index contributed by atoms with van der Waals surface area (Å²) >= 11 is 0. The van der Waals surface area contributed by atoms with E-state index in [0.29, 0.717) is 6.61 Å². The van der Waals surface area contributed by atoms with Crippen molar-refractivity contribution in [2.75, 3.05) is 58.3 Å². The third kappa shape index (κ3) is 5.28. The molecule has 0 saturated carbocycles. The van der Waals surface area contributed by atoms with Crippen LogP contribution in [0.2, 0.25) is 0 Å². The molecule has 0 aromatic heterocycles.